The van der Waals surface area contributed by atoms with E-state index in [4.69, 9.17) is 0 Å². The van der Waals surface area contributed by atoms with Gasteiger partial charge in [0.05, 0.1) is 5.92 Å². The normalized spacial score (nSPS) is 15.6. The van der Waals surface area contributed by atoms with Gasteiger partial charge in [-0.25, -0.2) is 0 Å². The summed E-state index contributed by atoms with van der Waals surface area (Å²) in [6.07, 6.45) is 0.176. The fourth-order valence-corrected chi connectivity index (χ4v) is 4.18. The third kappa shape index (κ3) is 4.67. The summed E-state index contributed by atoms with van der Waals surface area (Å²) in [6, 6.07) is 16.5. The van der Waals surface area contributed by atoms with Crippen LogP contribution in [0.25, 0.3) is 0 Å². The monoisotopic (exact) mass is 444 g/mol. The number of aromatic nitrogens is 1. The van der Waals surface area contributed by atoms with Crippen LogP contribution in [0.1, 0.15) is 39.3 Å². The van der Waals surface area contributed by atoms with Gasteiger partial charge >= 0.3 is 0 Å². The number of anilines is 2. The highest BCUT2D eigenvalue weighted by Crippen LogP contribution is 2.29. The molecule has 1 aromatic heterocycles. The fraction of sp³-hybridized carbons (Fsp3) is 0.269. The Balaban J connectivity index is 1.39. The molecule has 7 nitrogen and oxygen atoms in total. The number of carbonyl (C=O) groups is 3. The zero-order valence-electron chi connectivity index (χ0n) is 19.3. The summed E-state index contributed by atoms with van der Waals surface area (Å²) in [4.78, 5) is 39.6. The first-order valence-electron chi connectivity index (χ1n) is 11.0. The molecule has 0 spiro atoms. The summed E-state index contributed by atoms with van der Waals surface area (Å²) in [5, 5.41) is 2.88. The Labute approximate surface area is 193 Å². The van der Waals surface area contributed by atoms with E-state index in [9.17, 15) is 14.4 Å². The van der Waals surface area contributed by atoms with Crippen molar-refractivity contribution in [3.63, 3.8) is 0 Å². The molecule has 0 bridgehead atoms. The summed E-state index contributed by atoms with van der Waals surface area (Å²) in [5.41, 5.74) is 8.80. The van der Waals surface area contributed by atoms with Crippen LogP contribution >= 0.6 is 0 Å². The van der Waals surface area contributed by atoms with Gasteiger partial charge < -0.3 is 10.2 Å². The Kier molecular flexibility index (Phi) is 6.05. The van der Waals surface area contributed by atoms with Gasteiger partial charge in [0.25, 0.3) is 5.91 Å². The van der Waals surface area contributed by atoms with Crippen molar-refractivity contribution < 1.29 is 14.4 Å². The molecule has 1 aliphatic heterocycles. The number of nitrogens with zero attached hydrogens (tertiary/aromatic N) is 2. The van der Waals surface area contributed by atoms with Crippen LogP contribution < -0.4 is 15.6 Å². The maximum Gasteiger partial charge on any atom is 0.270 e. The number of amides is 3. The first-order chi connectivity index (χ1) is 15.7. The number of hydrogen-bond acceptors (Lipinski definition) is 3. The van der Waals surface area contributed by atoms with Crippen molar-refractivity contribution in [2.24, 2.45) is 5.92 Å². The molecule has 4 rings (SSSR count). The van der Waals surface area contributed by atoms with Crippen LogP contribution in [-0.4, -0.2) is 28.9 Å². The molecule has 1 fully saturated rings. The lowest BCUT2D eigenvalue weighted by Crippen LogP contribution is -2.28. The highest BCUT2D eigenvalue weighted by molar-refractivity contribution is 6.04. The number of carbonyl (C=O) groups excluding carboxylic acids is 3. The van der Waals surface area contributed by atoms with Crippen molar-refractivity contribution in [2.75, 3.05) is 22.2 Å². The second-order valence-corrected chi connectivity index (χ2v) is 8.65. The summed E-state index contributed by atoms with van der Waals surface area (Å²) in [5.74, 6) is -0.919. The fourth-order valence-electron chi connectivity index (χ4n) is 4.18. The Bertz CT molecular complexity index is 1210. The van der Waals surface area contributed by atoms with Crippen molar-refractivity contribution in [2.45, 2.75) is 34.1 Å². The largest absolute Gasteiger partial charge is 0.326 e. The maximum absolute atomic E-state index is 12.8. The molecule has 2 heterocycles. The summed E-state index contributed by atoms with van der Waals surface area (Å²) in [7, 11) is 0. The lowest BCUT2D eigenvalue weighted by molar-refractivity contribution is -0.122. The standard InChI is InChI=1S/C26H28N4O3/c1-16-5-12-23(17(2)13-16)29-15-21(14-24(29)31)25(32)27-22-10-8-20(9-11-22)26(33)28-30-18(3)6-7-19(30)4/h5-13,21H,14-15H2,1-4H3,(H,27,32)(H,28,33)/t21-/m1/s1. The third-order valence-corrected chi connectivity index (χ3v) is 6.04. The van der Waals surface area contributed by atoms with E-state index in [2.05, 4.69) is 10.7 Å². The number of hydrogen-bond donors (Lipinski definition) is 2. The van der Waals surface area contributed by atoms with Crippen LogP contribution in [0.3, 0.4) is 0 Å². The second-order valence-electron chi connectivity index (χ2n) is 8.65. The lowest BCUT2D eigenvalue weighted by Gasteiger charge is -2.19. The quantitative estimate of drug-likeness (QED) is 0.622. The topological polar surface area (TPSA) is 83.4 Å². The highest BCUT2D eigenvalue weighted by Gasteiger charge is 2.35. The van der Waals surface area contributed by atoms with Crippen molar-refractivity contribution in [1.82, 2.24) is 4.68 Å². The highest BCUT2D eigenvalue weighted by atomic mass is 16.2. The van der Waals surface area contributed by atoms with Crippen LogP contribution in [-0.2, 0) is 9.59 Å². The van der Waals surface area contributed by atoms with Gasteiger partial charge in [0, 0.05) is 41.3 Å². The number of nitrogens with one attached hydrogen (secondary N) is 2. The van der Waals surface area contributed by atoms with Crippen LogP contribution in [0, 0.1) is 33.6 Å². The average Bonchev–Trinajstić information content (AvgIpc) is 3.31. The van der Waals surface area contributed by atoms with E-state index in [1.807, 2.05) is 58.0 Å². The van der Waals surface area contributed by atoms with Crippen LogP contribution in [0.15, 0.2) is 54.6 Å². The molecule has 7 heteroatoms. The molecule has 2 N–H and O–H groups in total. The van der Waals surface area contributed by atoms with Gasteiger partial charge in [0.1, 0.15) is 0 Å². The maximum atomic E-state index is 12.8. The average molecular weight is 445 g/mol. The molecule has 0 saturated carbocycles. The minimum Gasteiger partial charge on any atom is -0.326 e. The summed E-state index contributed by atoms with van der Waals surface area (Å²) < 4.78 is 1.73. The number of aryl methyl sites for hydroxylation is 4. The van der Waals surface area contributed by atoms with E-state index in [1.165, 1.54) is 0 Å². The van der Waals surface area contributed by atoms with Crippen molar-refractivity contribution in [1.29, 1.82) is 0 Å². The van der Waals surface area contributed by atoms with Gasteiger partial charge in [-0.15, -0.1) is 0 Å². The SMILES string of the molecule is Cc1ccc(N2C[C@H](C(=O)Nc3ccc(C(=O)Nn4c(C)ccc4C)cc3)CC2=O)c(C)c1. The Morgan fingerprint density at radius 1 is 0.909 bits per heavy atom. The lowest BCUT2D eigenvalue weighted by atomic mass is 10.1. The zero-order chi connectivity index (χ0) is 23.7. The zero-order valence-corrected chi connectivity index (χ0v) is 19.3. The minimum atomic E-state index is -0.430. The molecule has 3 aromatic rings. The predicted molar refractivity (Wildman–Crippen MR) is 129 cm³/mol. The summed E-state index contributed by atoms with van der Waals surface area (Å²) >= 11 is 0. The third-order valence-electron chi connectivity index (χ3n) is 6.04. The molecule has 1 aliphatic rings. The number of benzene rings is 2. The van der Waals surface area contributed by atoms with Crippen molar-refractivity contribution in [3.05, 3.63) is 82.7 Å². The predicted octanol–water partition coefficient (Wildman–Crippen LogP) is 4.10. The Morgan fingerprint density at radius 2 is 1.58 bits per heavy atom. The van der Waals surface area contributed by atoms with Gasteiger partial charge in [-0.3, -0.25) is 24.5 Å². The smallest absolute Gasteiger partial charge is 0.270 e. The Morgan fingerprint density at radius 3 is 2.21 bits per heavy atom. The van der Waals surface area contributed by atoms with Crippen molar-refractivity contribution >= 4 is 29.1 Å². The second kappa shape index (κ2) is 8.94. The van der Waals surface area contributed by atoms with E-state index < -0.39 is 5.92 Å². The molecule has 170 valence electrons. The van der Waals surface area contributed by atoms with E-state index in [0.717, 1.165) is 28.2 Å². The van der Waals surface area contributed by atoms with Crippen molar-refractivity contribution in [3.8, 4) is 0 Å². The number of rotatable bonds is 5. The Hall–Kier alpha value is -3.87. The molecule has 2 aromatic carbocycles. The van der Waals surface area contributed by atoms with Gasteiger partial charge in [-0.1, -0.05) is 17.7 Å². The molecule has 0 unspecified atom stereocenters. The molecule has 0 radical (unpaired) electrons. The minimum absolute atomic E-state index is 0.0512. The van der Waals surface area contributed by atoms with E-state index >= 15 is 0 Å². The molecule has 33 heavy (non-hydrogen) atoms. The van der Waals surface area contributed by atoms with Crippen LogP contribution in [0.4, 0.5) is 11.4 Å². The first kappa shape index (κ1) is 22.3. The molecule has 1 atom stereocenters. The van der Waals surface area contributed by atoms with Gasteiger partial charge in [0.2, 0.25) is 11.8 Å². The molecule has 3 amide bonds. The van der Waals surface area contributed by atoms with E-state index in [-0.39, 0.29) is 24.1 Å². The van der Waals surface area contributed by atoms with E-state index in [0.29, 0.717) is 17.8 Å². The first-order valence-corrected chi connectivity index (χ1v) is 11.0. The molecular weight excluding hydrogens is 416 g/mol. The summed E-state index contributed by atoms with van der Waals surface area (Å²) in [6.45, 7) is 8.17. The van der Waals surface area contributed by atoms with Gasteiger partial charge in [-0.05, 0) is 75.7 Å². The van der Waals surface area contributed by atoms with Crippen LogP contribution in [0.5, 0.6) is 0 Å². The van der Waals surface area contributed by atoms with Gasteiger partial charge in [0.15, 0.2) is 0 Å². The molecule has 1 saturated heterocycles. The van der Waals surface area contributed by atoms with E-state index in [1.54, 1.807) is 33.8 Å². The van der Waals surface area contributed by atoms with Gasteiger partial charge in [-0.2, -0.15) is 0 Å². The van der Waals surface area contributed by atoms with Crippen LogP contribution in [0.2, 0.25) is 0 Å². The molecule has 0 aliphatic carbocycles. The molecular formula is C26H28N4O3.